The number of ether oxygens (including phenoxy) is 1. The van der Waals surface area contributed by atoms with Crippen LogP contribution in [0, 0.1) is 18.3 Å². The van der Waals surface area contributed by atoms with Crippen molar-refractivity contribution in [3.05, 3.63) is 72.9 Å². The molecule has 2 aromatic rings. The third-order valence-electron chi connectivity index (χ3n) is 4.28. The first-order valence-corrected chi connectivity index (χ1v) is 8.41. The van der Waals surface area contributed by atoms with Crippen LogP contribution < -0.4 is 16.0 Å². The van der Waals surface area contributed by atoms with E-state index in [1.54, 1.807) is 28.8 Å². The number of allylic oxidation sites excluding steroid dienone is 1. The van der Waals surface area contributed by atoms with E-state index in [4.69, 9.17) is 33.7 Å². The summed E-state index contributed by atoms with van der Waals surface area (Å²) in [5.74, 6) is -0.312. The number of aryl methyl sites for hydroxylation is 1. The van der Waals surface area contributed by atoms with E-state index < -0.39 is 5.92 Å². The van der Waals surface area contributed by atoms with E-state index in [1.165, 1.54) is 0 Å². The number of pyridine rings is 1. The van der Waals surface area contributed by atoms with Crippen LogP contribution in [0.4, 0.5) is 0 Å². The van der Waals surface area contributed by atoms with Crippen LogP contribution in [-0.4, -0.2) is 4.57 Å². The molecule has 1 aliphatic rings. The first-order chi connectivity index (χ1) is 11.9. The Labute approximate surface area is 154 Å². The number of halogens is 2. The number of aromatic nitrogens is 1. The molecular weight excluding hydrogens is 361 g/mol. The molecule has 128 valence electrons. The van der Waals surface area contributed by atoms with Gasteiger partial charge in [0.2, 0.25) is 5.88 Å². The summed E-state index contributed by atoms with van der Waals surface area (Å²) >= 11 is 12.1. The minimum atomic E-state index is -0.658. The molecule has 0 aliphatic carbocycles. The van der Waals surface area contributed by atoms with Crippen LogP contribution in [0.25, 0.3) is 0 Å². The first-order valence-electron chi connectivity index (χ1n) is 7.65. The molecule has 3 rings (SSSR count). The van der Waals surface area contributed by atoms with E-state index in [2.05, 4.69) is 6.07 Å². The summed E-state index contributed by atoms with van der Waals surface area (Å²) in [5.41, 5.74) is 7.68. The van der Waals surface area contributed by atoms with E-state index in [0.29, 0.717) is 33.5 Å². The molecule has 0 spiro atoms. The Morgan fingerprint density at radius 1 is 1.32 bits per heavy atom. The fraction of sp³-hybridized carbons (Fsp3) is 0.222. The lowest BCUT2D eigenvalue weighted by Gasteiger charge is -2.27. The summed E-state index contributed by atoms with van der Waals surface area (Å²) in [6, 6.07) is 8.82. The number of rotatable bonds is 2. The number of fused-ring (bicyclic) bond motifs is 1. The molecule has 0 bridgehead atoms. The lowest BCUT2D eigenvalue weighted by Crippen LogP contribution is -2.32. The van der Waals surface area contributed by atoms with Gasteiger partial charge in [0.1, 0.15) is 17.4 Å². The molecule has 2 heterocycles. The number of nitriles is 1. The Hall–Kier alpha value is -2.42. The van der Waals surface area contributed by atoms with Crippen LogP contribution in [0.3, 0.4) is 0 Å². The Kier molecular flexibility index (Phi) is 4.51. The molecule has 7 heteroatoms. The number of hydrogen-bond donors (Lipinski definition) is 1. The van der Waals surface area contributed by atoms with Crippen molar-refractivity contribution in [2.75, 3.05) is 0 Å². The highest BCUT2D eigenvalue weighted by Gasteiger charge is 2.34. The van der Waals surface area contributed by atoms with Gasteiger partial charge in [0.05, 0.1) is 21.5 Å². The van der Waals surface area contributed by atoms with Crippen LogP contribution in [0.2, 0.25) is 10.0 Å². The lowest BCUT2D eigenvalue weighted by molar-refractivity contribution is 0.388. The maximum absolute atomic E-state index is 13.0. The summed E-state index contributed by atoms with van der Waals surface area (Å²) in [6.45, 7) is 4.21. The van der Waals surface area contributed by atoms with Gasteiger partial charge < -0.3 is 15.0 Å². The second kappa shape index (κ2) is 6.47. The van der Waals surface area contributed by atoms with Crippen molar-refractivity contribution in [3.8, 4) is 11.8 Å². The maximum atomic E-state index is 13.0. The van der Waals surface area contributed by atoms with Gasteiger partial charge >= 0.3 is 0 Å². The normalized spacial score (nSPS) is 16.2. The maximum Gasteiger partial charge on any atom is 0.258 e. The van der Waals surface area contributed by atoms with Crippen molar-refractivity contribution < 1.29 is 4.74 Å². The molecule has 0 fully saturated rings. The van der Waals surface area contributed by atoms with Gasteiger partial charge in [-0.3, -0.25) is 4.79 Å². The summed E-state index contributed by atoms with van der Waals surface area (Å²) in [4.78, 5) is 13.0. The average molecular weight is 376 g/mol. The predicted octanol–water partition coefficient (Wildman–Crippen LogP) is 3.70. The van der Waals surface area contributed by atoms with Gasteiger partial charge in [-0.25, -0.2) is 0 Å². The molecule has 25 heavy (non-hydrogen) atoms. The van der Waals surface area contributed by atoms with Crippen molar-refractivity contribution in [1.29, 1.82) is 5.26 Å². The zero-order valence-corrected chi connectivity index (χ0v) is 15.1. The molecule has 1 aromatic heterocycles. The first kappa shape index (κ1) is 17.4. The van der Waals surface area contributed by atoms with Crippen molar-refractivity contribution in [2.45, 2.75) is 26.3 Å². The largest absolute Gasteiger partial charge is 0.440 e. The molecular formula is C18H15Cl2N3O2. The van der Waals surface area contributed by atoms with Crippen molar-refractivity contribution in [1.82, 2.24) is 4.57 Å². The average Bonchev–Trinajstić information content (AvgIpc) is 2.56. The quantitative estimate of drug-likeness (QED) is 0.867. The van der Waals surface area contributed by atoms with Crippen molar-refractivity contribution in [2.24, 2.45) is 5.73 Å². The molecule has 1 atom stereocenters. The Balaban J connectivity index is 2.35. The molecule has 0 saturated carbocycles. The summed E-state index contributed by atoms with van der Waals surface area (Å²) in [5, 5.41) is 10.3. The van der Waals surface area contributed by atoms with E-state index in [1.807, 2.05) is 13.8 Å². The molecule has 0 saturated heterocycles. The second-order valence-electron chi connectivity index (χ2n) is 5.71. The summed E-state index contributed by atoms with van der Waals surface area (Å²) in [7, 11) is 0. The zero-order chi connectivity index (χ0) is 18.3. The minimum absolute atomic E-state index is 0.0147. The Morgan fingerprint density at radius 2 is 2.04 bits per heavy atom. The smallest absolute Gasteiger partial charge is 0.258 e. The lowest BCUT2D eigenvalue weighted by atomic mass is 9.84. The molecule has 5 nitrogen and oxygen atoms in total. The van der Waals surface area contributed by atoms with Gasteiger partial charge in [0.25, 0.3) is 5.56 Å². The highest BCUT2D eigenvalue weighted by atomic mass is 35.5. The van der Waals surface area contributed by atoms with Crippen LogP contribution in [-0.2, 0) is 6.54 Å². The van der Waals surface area contributed by atoms with Crippen molar-refractivity contribution >= 4 is 23.2 Å². The third-order valence-corrected chi connectivity index (χ3v) is 5.02. The van der Waals surface area contributed by atoms with Crippen LogP contribution >= 0.6 is 23.2 Å². The van der Waals surface area contributed by atoms with Gasteiger partial charge in [-0.1, -0.05) is 29.3 Å². The monoisotopic (exact) mass is 375 g/mol. The van der Waals surface area contributed by atoms with E-state index in [9.17, 15) is 10.1 Å². The van der Waals surface area contributed by atoms with Gasteiger partial charge in [0, 0.05) is 18.3 Å². The highest BCUT2D eigenvalue weighted by Crippen LogP contribution is 2.41. The third kappa shape index (κ3) is 2.78. The predicted molar refractivity (Wildman–Crippen MR) is 96.9 cm³/mol. The van der Waals surface area contributed by atoms with Gasteiger partial charge in [-0.05, 0) is 31.5 Å². The SMILES string of the molecule is CCn1c(C)cc2c(c1=O)[C@@H](c1ccc(Cl)c(Cl)c1)C(C#N)=C(N)O2. The second-order valence-corrected chi connectivity index (χ2v) is 6.53. The van der Waals surface area contributed by atoms with Crippen LogP contribution in [0.1, 0.15) is 29.7 Å². The van der Waals surface area contributed by atoms with Crippen molar-refractivity contribution in [3.63, 3.8) is 0 Å². The number of nitrogens with two attached hydrogens (primary N) is 1. The van der Waals surface area contributed by atoms with Gasteiger partial charge in [-0.2, -0.15) is 5.26 Å². The number of hydrogen-bond acceptors (Lipinski definition) is 4. The van der Waals surface area contributed by atoms with E-state index in [-0.39, 0.29) is 17.0 Å². The number of benzene rings is 1. The van der Waals surface area contributed by atoms with E-state index >= 15 is 0 Å². The van der Waals surface area contributed by atoms with E-state index in [0.717, 1.165) is 5.69 Å². The summed E-state index contributed by atoms with van der Waals surface area (Å²) in [6.07, 6.45) is 0. The Morgan fingerprint density at radius 3 is 2.64 bits per heavy atom. The number of nitrogens with zero attached hydrogens (tertiary/aromatic N) is 2. The zero-order valence-electron chi connectivity index (χ0n) is 13.6. The molecule has 2 N–H and O–H groups in total. The molecule has 1 aliphatic heterocycles. The van der Waals surface area contributed by atoms with Crippen LogP contribution in [0.5, 0.6) is 5.75 Å². The molecule has 0 unspecified atom stereocenters. The molecule has 1 aromatic carbocycles. The standard InChI is InChI=1S/C18H15Cl2N3O2/c1-3-23-9(2)6-14-16(18(23)24)15(11(8-21)17(22)25-14)10-4-5-12(19)13(20)7-10/h4-7,15H,3,22H2,1-2H3/t15-/m0/s1. The Bertz CT molecular complexity index is 1000. The fourth-order valence-corrected chi connectivity index (χ4v) is 3.41. The molecule has 0 radical (unpaired) electrons. The van der Waals surface area contributed by atoms with Gasteiger partial charge in [0.15, 0.2) is 0 Å². The minimum Gasteiger partial charge on any atom is -0.440 e. The summed E-state index contributed by atoms with van der Waals surface area (Å²) < 4.78 is 7.19. The highest BCUT2D eigenvalue weighted by molar-refractivity contribution is 6.42. The molecule has 0 amide bonds. The topological polar surface area (TPSA) is 81.0 Å². The van der Waals surface area contributed by atoms with Gasteiger partial charge in [-0.15, -0.1) is 0 Å². The fourth-order valence-electron chi connectivity index (χ4n) is 3.10. The van der Waals surface area contributed by atoms with Crippen LogP contribution in [0.15, 0.2) is 40.5 Å².